The highest BCUT2D eigenvalue weighted by molar-refractivity contribution is 6.32. The Hall–Kier alpha value is -1.17. The van der Waals surface area contributed by atoms with Crippen molar-refractivity contribution in [2.45, 2.75) is 0 Å². The van der Waals surface area contributed by atoms with E-state index in [1.165, 1.54) is 0 Å². The number of carbonyl (C=O) groups excluding carboxylic acids is 1. The van der Waals surface area contributed by atoms with Gasteiger partial charge >= 0.3 is 0 Å². The minimum atomic E-state index is -0.0637. The van der Waals surface area contributed by atoms with Crippen LogP contribution in [0, 0.1) is 0 Å². The van der Waals surface area contributed by atoms with Crippen LogP contribution in [0.1, 0.15) is 0 Å². The van der Waals surface area contributed by atoms with Crippen molar-refractivity contribution >= 4 is 35.6 Å². The Kier molecular flexibility index (Phi) is 6.21. The van der Waals surface area contributed by atoms with E-state index in [1.807, 2.05) is 0 Å². The number of rotatable bonds is 3. The lowest BCUT2D eigenvalue weighted by molar-refractivity contribution is -0.137. The fourth-order valence-electron chi connectivity index (χ4n) is 1.68. The number of hydrogen-bond donors (Lipinski definition) is 1. The number of nitrogen functional groups attached to an aromatic ring is 1. The molecule has 1 aliphatic heterocycles. The van der Waals surface area contributed by atoms with E-state index in [1.54, 1.807) is 23.1 Å². The molecule has 0 atom stereocenters. The van der Waals surface area contributed by atoms with E-state index in [0.717, 1.165) is 0 Å². The maximum atomic E-state index is 11.8. The first-order valence-electron chi connectivity index (χ1n) is 5.70. The summed E-state index contributed by atoms with van der Waals surface area (Å²) in [6.45, 7) is 2.35. The summed E-state index contributed by atoms with van der Waals surface area (Å²) in [5, 5.41) is 0.407. The molecular weight excluding hydrogens is 291 g/mol. The largest absolute Gasteiger partial charge is 0.482 e. The fraction of sp³-hybridized carbons (Fsp3) is 0.417. The topological polar surface area (TPSA) is 64.8 Å². The van der Waals surface area contributed by atoms with E-state index in [4.69, 9.17) is 26.8 Å². The first kappa shape index (κ1) is 15.9. The maximum Gasteiger partial charge on any atom is 0.260 e. The summed E-state index contributed by atoms with van der Waals surface area (Å²) in [5.41, 5.74) is 6.13. The lowest BCUT2D eigenvalue weighted by Crippen LogP contribution is -2.42. The van der Waals surface area contributed by atoms with Crippen molar-refractivity contribution in [1.82, 2.24) is 4.90 Å². The molecule has 1 saturated heterocycles. The molecule has 0 unspecified atom stereocenters. The molecule has 19 heavy (non-hydrogen) atoms. The second kappa shape index (κ2) is 7.43. The number of hydrogen-bond acceptors (Lipinski definition) is 4. The van der Waals surface area contributed by atoms with Gasteiger partial charge in [-0.3, -0.25) is 4.79 Å². The molecule has 2 rings (SSSR count). The minimum Gasteiger partial charge on any atom is -0.482 e. The Morgan fingerprint density at radius 1 is 1.42 bits per heavy atom. The van der Waals surface area contributed by atoms with E-state index in [-0.39, 0.29) is 24.9 Å². The second-order valence-electron chi connectivity index (χ2n) is 3.97. The van der Waals surface area contributed by atoms with Crippen molar-refractivity contribution in [2.24, 2.45) is 0 Å². The van der Waals surface area contributed by atoms with Crippen molar-refractivity contribution in [2.75, 3.05) is 38.6 Å². The molecule has 0 aliphatic carbocycles. The number of benzene rings is 1. The first-order valence-corrected chi connectivity index (χ1v) is 6.08. The predicted octanol–water partition coefficient (Wildman–Crippen LogP) is 1.58. The average molecular weight is 307 g/mol. The van der Waals surface area contributed by atoms with Gasteiger partial charge in [0.25, 0.3) is 5.91 Å². The summed E-state index contributed by atoms with van der Waals surface area (Å²) in [4.78, 5) is 13.5. The molecule has 0 spiro atoms. The standard InChI is InChI=1S/C12H15ClN2O3.ClH/c13-10-7-9(14)1-2-11(10)18-8-12(16)15-3-5-17-6-4-15;/h1-2,7H,3-6,8,14H2;1H. The van der Waals surface area contributed by atoms with Gasteiger partial charge in [0, 0.05) is 18.8 Å². The molecule has 2 N–H and O–H groups in total. The SMILES string of the molecule is Cl.Nc1ccc(OCC(=O)N2CCOCC2)c(Cl)c1. The van der Waals surface area contributed by atoms with Crippen LogP contribution in [0.25, 0.3) is 0 Å². The van der Waals surface area contributed by atoms with Crippen molar-refractivity contribution in [3.05, 3.63) is 23.2 Å². The molecule has 1 fully saturated rings. The molecule has 5 nitrogen and oxygen atoms in total. The van der Waals surface area contributed by atoms with Crippen LogP contribution < -0.4 is 10.5 Å². The Bertz CT molecular complexity index is 437. The Morgan fingerprint density at radius 2 is 2.11 bits per heavy atom. The van der Waals surface area contributed by atoms with Crippen LogP contribution in [-0.2, 0) is 9.53 Å². The number of nitrogens with zero attached hydrogens (tertiary/aromatic N) is 1. The lowest BCUT2D eigenvalue weighted by atomic mass is 10.3. The zero-order valence-electron chi connectivity index (χ0n) is 10.3. The van der Waals surface area contributed by atoms with Crippen LogP contribution in [0.2, 0.25) is 5.02 Å². The van der Waals surface area contributed by atoms with Crippen molar-refractivity contribution in [3.8, 4) is 5.75 Å². The van der Waals surface area contributed by atoms with E-state index < -0.39 is 0 Å². The minimum absolute atomic E-state index is 0. The quantitative estimate of drug-likeness (QED) is 0.861. The summed E-state index contributed by atoms with van der Waals surface area (Å²) in [5.74, 6) is 0.402. The number of carbonyl (C=O) groups is 1. The van der Waals surface area contributed by atoms with Gasteiger partial charge in [-0.25, -0.2) is 0 Å². The Balaban J connectivity index is 0.00000180. The second-order valence-corrected chi connectivity index (χ2v) is 4.38. The molecule has 0 aromatic heterocycles. The number of ether oxygens (including phenoxy) is 2. The molecule has 7 heteroatoms. The van der Waals surface area contributed by atoms with Gasteiger partial charge in [0.15, 0.2) is 6.61 Å². The molecule has 1 amide bonds. The number of morpholine rings is 1. The van der Waals surface area contributed by atoms with Gasteiger partial charge in [-0.15, -0.1) is 12.4 Å². The van der Waals surface area contributed by atoms with Crippen LogP contribution >= 0.6 is 24.0 Å². The lowest BCUT2D eigenvalue weighted by Gasteiger charge is -2.26. The zero-order chi connectivity index (χ0) is 13.0. The number of amides is 1. The van der Waals surface area contributed by atoms with Gasteiger partial charge in [0.2, 0.25) is 0 Å². The number of halogens is 2. The summed E-state index contributed by atoms with van der Waals surface area (Å²) < 4.78 is 10.6. The molecule has 1 heterocycles. The van der Waals surface area contributed by atoms with Crippen molar-refractivity contribution < 1.29 is 14.3 Å². The fourth-order valence-corrected chi connectivity index (χ4v) is 1.92. The van der Waals surface area contributed by atoms with Crippen molar-refractivity contribution in [1.29, 1.82) is 0 Å². The molecule has 1 aliphatic rings. The summed E-state index contributed by atoms with van der Waals surface area (Å²) in [6, 6.07) is 4.93. The third kappa shape index (κ3) is 4.45. The summed E-state index contributed by atoms with van der Waals surface area (Å²) in [6.07, 6.45) is 0. The highest BCUT2D eigenvalue weighted by Gasteiger charge is 2.17. The van der Waals surface area contributed by atoms with Crippen LogP contribution in [0.4, 0.5) is 5.69 Å². The Morgan fingerprint density at radius 3 is 2.74 bits per heavy atom. The van der Waals surface area contributed by atoms with Gasteiger partial charge in [-0.05, 0) is 18.2 Å². The molecular formula is C12H16Cl2N2O3. The predicted molar refractivity (Wildman–Crippen MR) is 76.0 cm³/mol. The third-order valence-electron chi connectivity index (χ3n) is 2.67. The summed E-state index contributed by atoms with van der Waals surface area (Å²) in [7, 11) is 0. The molecule has 1 aromatic carbocycles. The van der Waals surface area contributed by atoms with E-state index in [9.17, 15) is 4.79 Å². The maximum absolute atomic E-state index is 11.8. The van der Waals surface area contributed by atoms with Crippen LogP contribution in [0.15, 0.2) is 18.2 Å². The van der Waals surface area contributed by atoms with Crippen LogP contribution in [0.5, 0.6) is 5.75 Å². The summed E-state index contributed by atoms with van der Waals surface area (Å²) >= 11 is 5.95. The van der Waals surface area contributed by atoms with Crippen LogP contribution in [-0.4, -0.2) is 43.7 Å². The highest BCUT2D eigenvalue weighted by atomic mass is 35.5. The highest BCUT2D eigenvalue weighted by Crippen LogP contribution is 2.26. The zero-order valence-corrected chi connectivity index (χ0v) is 11.9. The average Bonchev–Trinajstić information content (AvgIpc) is 2.38. The smallest absolute Gasteiger partial charge is 0.260 e. The normalized spacial score (nSPS) is 14.7. The Labute approximate surface area is 123 Å². The number of anilines is 1. The molecule has 0 bridgehead atoms. The first-order chi connectivity index (χ1) is 8.66. The van der Waals surface area contributed by atoms with Gasteiger partial charge in [0.05, 0.1) is 18.2 Å². The third-order valence-corrected chi connectivity index (χ3v) is 2.97. The van der Waals surface area contributed by atoms with Gasteiger partial charge < -0.3 is 20.1 Å². The molecule has 0 radical (unpaired) electrons. The van der Waals surface area contributed by atoms with Crippen molar-refractivity contribution in [3.63, 3.8) is 0 Å². The van der Waals surface area contributed by atoms with E-state index in [0.29, 0.717) is 42.8 Å². The van der Waals surface area contributed by atoms with E-state index in [2.05, 4.69) is 0 Å². The number of nitrogens with two attached hydrogens (primary N) is 1. The van der Waals surface area contributed by atoms with Gasteiger partial charge in [-0.2, -0.15) is 0 Å². The monoisotopic (exact) mass is 306 g/mol. The van der Waals surface area contributed by atoms with Gasteiger partial charge in [0.1, 0.15) is 5.75 Å². The molecule has 106 valence electrons. The van der Waals surface area contributed by atoms with E-state index >= 15 is 0 Å². The molecule has 1 aromatic rings. The molecule has 0 saturated carbocycles. The van der Waals surface area contributed by atoms with Crippen LogP contribution in [0.3, 0.4) is 0 Å². The van der Waals surface area contributed by atoms with Gasteiger partial charge in [-0.1, -0.05) is 11.6 Å².